The van der Waals surface area contributed by atoms with E-state index < -0.39 is 5.72 Å². The van der Waals surface area contributed by atoms with E-state index in [1.807, 2.05) is 43.3 Å². The molecule has 1 saturated heterocycles. The van der Waals surface area contributed by atoms with Crippen molar-refractivity contribution in [2.24, 2.45) is 0 Å². The third kappa shape index (κ3) is 2.27. The number of hydrogen-bond donors (Lipinski definition) is 1. The van der Waals surface area contributed by atoms with Gasteiger partial charge in [-0.15, -0.1) is 0 Å². The number of carbonyl (C=O) groups excluding carboxylic acids is 1. The molecule has 6 heteroatoms. The topological polar surface area (TPSA) is 50.8 Å². The van der Waals surface area contributed by atoms with Gasteiger partial charge in [-0.2, -0.15) is 0 Å². The molecular weight excluding hydrogens is 328 g/mol. The first-order valence-electron chi connectivity index (χ1n) is 7.73. The molecular formula is C18H17ClN2O3. The normalized spacial score (nSPS) is 24.7. The highest BCUT2D eigenvalue weighted by Gasteiger charge is 2.49. The number of hydrogen-bond acceptors (Lipinski definition) is 3. The number of anilines is 1. The van der Waals surface area contributed by atoms with Crippen LogP contribution in [0.25, 0.3) is 0 Å². The fourth-order valence-corrected chi connectivity index (χ4v) is 3.65. The van der Waals surface area contributed by atoms with E-state index in [9.17, 15) is 4.79 Å². The Balaban J connectivity index is 1.76. The summed E-state index contributed by atoms with van der Waals surface area (Å²) in [5.41, 5.74) is 0.914. The van der Waals surface area contributed by atoms with Crippen molar-refractivity contribution >= 4 is 23.3 Å². The molecule has 2 aromatic carbocycles. The quantitative estimate of drug-likeness (QED) is 0.891. The van der Waals surface area contributed by atoms with Crippen LogP contribution in [-0.4, -0.2) is 18.9 Å². The Bertz CT molecular complexity index is 808. The van der Waals surface area contributed by atoms with Crippen molar-refractivity contribution in [1.29, 1.82) is 0 Å². The zero-order chi connectivity index (χ0) is 16.9. The van der Waals surface area contributed by atoms with Crippen molar-refractivity contribution < 1.29 is 14.3 Å². The lowest BCUT2D eigenvalue weighted by Crippen LogP contribution is -2.65. The summed E-state index contributed by atoms with van der Waals surface area (Å²) < 4.78 is 11.4. The van der Waals surface area contributed by atoms with E-state index in [2.05, 4.69) is 5.32 Å². The molecule has 2 heterocycles. The fraction of sp³-hybridized carbons (Fsp3) is 0.278. The number of carbonyl (C=O) groups is 1. The van der Waals surface area contributed by atoms with Crippen LogP contribution >= 0.6 is 11.6 Å². The molecule has 0 aromatic heterocycles. The summed E-state index contributed by atoms with van der Waals surface area (Å²) in [6, 6.07) is 12.6. The number of urea groups is 1. The SMILES string of the molecule is COc1ccc(N2C(=O)N[C@H]3C[C@]2(C)Oc2ccc(Cl)cc23)cc1. The van der Waals surface area contributed by atoms with Crippen molar-refractivity contribution in [2.45, 2.75) is 25.1 Å². The smallest absolute Gasteiger partial charge is 0.325 e. The zero-order valence-electron chi connectivity index (χ0n) is 13.4. The summed E-state index contributed by atoms with van der Waals surface area (Å²) in [6.07, 6.45) is 0.637. The molecule has 24 heavy (non-hydrogen) atoms. The molecule has 2 bridgehead atoms. The van der Waals surface area contributed by atoms with E-state index in [-0.39, 0.29) is 12.1 Å². The van der Waals surface area contributed by atoms with Gasteiger partial charge in [0.1, 0.15) is 11.5 Å². The van der Waals surface area contributed by atoms with Crippen LogP contribution in [0.1, 0.15) is 24.9 Å². The van der Waals surface area contributed by atoms with Gasteiger partial charge in [0, 0.05) is 22.7 Å². The molecule has 2 aliphatic heterocycles. The van der Waals surface area contributed by atoms with Crippen LogP contribution in [0.15, 0.2) is 42.5 Å². The molecule has 124 valence electrons. The molecule has 0 saturated carbocycles. The summed E-state index contributed by atoms with van der Waals surface area (Å²) >= 11 is 6.09. The highest BCUT2D eigenvalue weighted by molar-refractivity contribution is 6.30. The highest BCUT2D eigenvalue weighted by Crippen LogP contribution is 2.46. The molecule has 0 aliphatic carbocycles. The summed E-state index contributed by atoms with van der Waals surface area (Å²) in [5, 5.41) is 3.68. The third-order valence-electron chi connectivity index (χ3n) is 4.56. The van der Waals surface area contributed by atoms with Crippen molar-refractivity contribution in [3.05, 3.63) is 53.1 Å². The summed E-state index contributed by atoms with van der Waals surface area (Å²) in [7, 11) is 1.61. The number of ether oxygens (including phenoxy) is 2. The standard InChI is InChI=1S/C18H17ClN2O3/c1-18-10-15(14-9-11(19)3-8-16(14)24-18)20-17(22)21(18)12-4-6-13(23-2)7-5-12/h3-9,15H,10H2,1-2H3,(H,20,22)/t15-,18-/m0/s1. The molecule has 4 rings (SSSR count). The number of halogens is 1. The van der Waals surface area contributed by atoms with Gasteiger partial charge in [0.25, 0.3) is 0 Å². The first-order valence-corrected chi connectivity index (χ1v) is 8.11. The van der Waals surface area contributed by atoms with Crippen molar-refractivity contribution in [1.82, 2.24) is 5.32 Å². The molecule has 1 fully saturated rings. The monoisotopic (exact) mass is 344 g/mol. The van der Waals surface area contributed by atoms with Crippen LogP contribution in [0.5, 0.6) is 11.5 Å². The first kappa shape index (κ1) is 15.1. The second-order valence-corrected chi connectivity index (χ2v) is 6.64. The van der Waals surface area contributed by atoms with E-state index in [4.69, 9.17) is 21.1 Å². The maximum absolute atomic E-state index is 12.7. The van der Waals surface area contributed by atoms with Crippen LogP contribution in [0.2, 0.25) is 5.02 Å². The van der Waals surface area contributed by atoms with Gasteiger partial charge in [-0.05, 0) is 49.4 Å². The Kier molecular flexibility index (Phi) is 3.35. The van der Waals surface area contributed by atoms with Crippen LogP contribution in [0.4, 0.5) is 10.5 Å². The minimum absolute atomic E-state index is 0.112. The molecule has 2 atom stereocenters. The molecule has 1 N–H and O–H groups in total. The molecule has 2 aromatic rings. The van der Waals surface area contributed by atoms with Crippen molar-refractivity contribution in [2.75, 3.05) is 12.0 Å². The lowest BCUT2D eigenvalue weighted by atomic mass is 9.90. The second kappa shape index (κ2) is 5.31. The number of methoxy groups -OCH3 is 1. The number of amides is 2. The average molecular weight is 345 g/mol. The molecule has 2 aliphatic rings. The molecule has 5 nitrogen and oxygen atoms in total. The van der Waals surface area contributed by atoms with E-state index in [1.54, 1.807) is 18.1 Å². The van der Waals surface area contributed by atoms with Gasteiger partial charge in [-0.25, -0.2) is 4.79 Å². The van der Waals surface area contributed by atoms with Crippen LogP contribution in [0, 0.1) is 0 Å². The second-order valence-electron chi connectivity index (χ2n) is 6.20. The number of fused-ring (bicyclic) bond motifs is 4. The Morgan fingerprint density at radius 3 is 2.75 bits per heavy atom. The van der Waals surface area contributed by atoms with Gasteiger partial charge in [0.15, 0.2) is 5.72 Å². The van der Waals surface area contributed by atoms with Crippen molar-refractivity contribution in [3.63, 3.8) is 0 Å². The van der Waals surface area contributed by atoms with Gasteiger partial charge < -0.3 is 14.8 Å². The van der Waals surface area contributed by atoms with Gasteiger partial charge in [-0.3, -0.25) is 4.90 Å². The lowest BCUT2D eigenvalue weighted by Gasteiger charge is -2.50. The minimum Gasteiger partial charge on any atom is -0.497 e. The van der Waals surface area contributed by atoms with Crippen LogP contribution in [-0.2, 0) is 0 Å². The number of rotatable bonds is 2. The predicted molar refractivity (Wildman–Crippen MR) is 91.8 cm³/mol. The zero-order valence-corrected chi connectivity index (χ0v) is 14.1. The van der Waals surface area contributed by atoms with E-state index in [0.29, 0.717) is 11.4 Å². The number of nitrogens with one attached hydrogen (secondary N) is 1. The highest BCUT2D eigenvalue weighted by atomic mass is 35.5. The largest absolute Gasteiger partial charge is 0.497 e. The Labute approximate surface area is 145 Å². The van der Waals surface area contributed by atoms with Crippen LogP contribution < -0.4 is 19.7 Å². The Morgan fingerprint density at radius 2 is 2.04 bits per heavy atom. The minimum atomic E-state index is -0.761. The number of benzene rings is 2. The van der Waals surface area contributed by atoms with Gasteiger partial charge in [0.05, 0.1) is 13.2 Å². The summed E-state index contributed by atoms with van der Waals surface area (Å²) in [5.74, 6) is 1.49. The van der Waals surface area contributed by atoms with Gasteiger partial charge >= 0.3 is 6.03 Å². The van der Waals surface area contributed by atoms with Gasteiger partial charge in [-0.1, -0.05) is 11.6 Å². The maximum Gasteiger partial charge on any atom is 0.325 e. The lowest BCUT2D eigenvalue weighted by molar-refractivity contribution is 0.0379. The molecule has 0 radical (unpaired) electrons. The van der Waals surface area contributed by atoms with Crippen molar-refractivity contribution in [3.8, 4) is 11.5 Å². The average Bonchev–Trinajstić information content (AvgIpc) is 2.55. The molecule has 2 amide bonds. The van der Waals surface area contributed by atoms with Gasteiger partial charge in [0.2, 0.25) is 0 Å². The van der Waals surface area contributed by atoms with E-state index >= 15 is 0 Å². The third-order valence-corrected chi connectivity index (χ3v) is 4.80. The molecule has 0 spiro atoms. The van der Waals surface area contributed by atoms with E-state index in [1.165, 1.54) is 0 Å². The summed E-state index contributed by atoms with van der Waals surface area (Å²) in [4.78, 5) is 14.4. The fourth-order valence-electron chi connectivity index (χ4n) is 3.47. The predicted octanol–water partition coefficient (Wildman–Crippen LogP) is 4.12. The Morgan fingerprint density at radius 1 is 1.29 bits per heavy atom. The maximum atomic E-state index is 12.7. The number of nitrogens with zero attached hydrogens (tertiary/aromatic N) is 1. The first-order chi connectivity index (χ1) is 11.5. The molecule has 0 unspecified atom stereocenters. The van der Waals surface area contributed by atoms with E-state index in [0.717, 1.165) is 22.7 Å². The van der Waals surface area contributed by atoms with Crippen LogP contribution in [0.3, 0.4) is 0 Å². The summed E-state index contributed by atoms with van der Waals surface area (Å²) in [6.45, 7) is 1.93. The Hall–Kier alpha value is -2.40.